The zero-order valence-corrected chi connectivity index (χ0v) is 16.5. The van der Waals surface area contributed by atoms with E-state index < -0.39 is 0 Å². The lowest BCUT2D eigenvalue weighted by Gasteiger charge is -2.08. The SMILES string of the molecule is CCc1cc[n+](CC(=O)Nc2ccc(C(=O)Nc3ccc(OC)cc3)cc2)cc1. The van der Waals surface area contributed by atoms with Crippen LogP contribution in [0.2, 0.25) is 0 Å². The van der Waals surface area contributed by atoms with Gasteiger partial charge >= 0.3 is 0 Å². The Morgan fingerprint density at radius 1 is 0.862 bits per heavy atom. The molecule has 0 saturated heterocycles. The van der Waals surface area contributed by atoms with Gasteiger partial charge in [-0.15, -0.1) is 0 Å². The van der Waals surface area contributed by atoms with Crippen LogP contribution >= 0.6 is 0 Å². The molecule has 0 bridgehead atoms. The van der Waals surface area contributed by atoms with Crippen molar-refractivity contribution in [3.63, 3.8) is 0 Å². The Bertz CT molecular complexity index is 966. The Morgan fingerprint density at radius 3 is 2.03 bits per heavy atom. The van der Waals surface area contributed by atoms with Crippen molar-refractivity contribution in [1.29, 1.82) is 0 Å². The molecular formula is C23H24N3O3+. The largest absolute Gasteiger partial charge is 0.497 e. The highest BCUT2D eigenvalue weighted by Crippen LogP contribution is 2.16. The van der Waals surface area contributed by atoms with Crippen LogP contribution in [0.15, 0.2) is 73.1 Å². The minimum atomic E-state index is -0.223. The molecule has 0 atom stereocenters. The second-order valence-corrected chi connectivity index (χ2v) is 6.54. The van der Waals surface area contributed by atoms with Crippen LogP contribution in [-0.4, -0.2) is 18.9 Å². The standard InChI is InChI=1S/C23H23N3O3/c1-3-17-12-14-26(15-13-17)16-22(27)24-19-6-4-18(5-7-19)23(28)25-20-8-10-21(29-2)11-9-20/h4-15H,3,16H2,1-2H3,(H-,24,25,27,28)/p+1. The molecule has 0 saturated carbocycles. The van der Waals surface area contributed by atoms with Crippen molar-refractivity contribution in [2.45, 2.75) is 19.9 Å². The second kappa shape index (κ2) is 9.50. The van der Waals surface area contributed by atoms with Crippen LogP contribution in [0.1, 0.15) is 22.8 Å². The molecule has 0 unspecified atom stereocenters. The number of methoxy groups -OCH3 is 1. The summed E-state index contributed by atoms with van der Waals surface area (Å²) < 4.78 is 6.93. The fourth-order valence-corrected chi connectivity index (χ4v) is 2.78. The molecule has 0 aliphatic rings. The van der Waals surface area contributed by atoms with Crippen LogP contribution in [0.25, 0.3) is 0 Å². The monoisotopic (exact) mass is 390 g/mol. The first-order valence-corrected chi connectivity index (χ1v) is 9.40. The van der Waals surface area contributed by atoms with Gasteiger partial charge in [0.25, 0.3) is 11.8 Å². The number of rotatable bonds is 7. The molecular weight excluding hydrogens is 366 g/mol. The number of hydrogen-bond acceptors (Lipinski definition) is 3. The summed E-state index contributed by atoms with van der Waals surface area (Å²) in [5.41, 5.74) is 3.05. The minimum Gasteiger partial charge on any atom is -0.497 e. The van der Waals surface area contributed by atoms with Gasteiger partial charge in [0.05, 0.1) is 7.11 Å². The van der Waals surface area contributed by atoms with Crippen molar-refractivity contribution in [3.8, 4) is 5.75 Å². The number of anilines is 2. The highest BCUT2D eigenvalue weighted by Gasteiger charge is 2.11. The topological polar surface area (TPSA) is 71.3 Å². The number of carbonyl (C=O) groups excluding carboxylic acids is 2. The van der Waals surface area contributed by atoms with Crippen molar-refractivity contribution in [3.05, 3.63) is 84.2 Å². The Kier molecular flexibility index (Phi) is 6.58. The van der Waals surface area contributed by atoms with E-state index in [1.165, 1.54) is 5.56 Å². The molecule has 6 heteroatoms. The van der Waals surface area contributed by atoms with Crippen LogP contribution in [-0.2, 0) is 17.8 Å². The molecule has 148 valence electrons. The number of pyridine rings is 1. The van der Waals surface area contributed by atoms with Gasteiger partial charge in [-0.2, -0.15) is 4.57 Å². The summed E-state index contributed by atoms with van der Waals surface area (Å²) in [5, 5.41) is 5.67. The minimum absolute atomic E-state index is 0.130. The van der Waals surface area contributed by atoms with E-state index >= 15 is 0 Å². The second-order valence-electron chi connectivity index (χ2n) is 6.54. The molecule has 2 amide bonds. The van der Waals surface area contributed by atoms with Crippen LogP contribution in [0, 0.1) is 0 Å². The van der Waals surface area contributed by atoms with Gasteiger partial charge in [0.15, 0.2) is 12.4 Å². The number of hydrogen-bond donors (Lipinski definition) is 2. The molecule has 0 radical (unpaired) electrons. The highest BCUT2D eigenvalue weighted by molar-refractivity contribution is 6.04. The third-order valence-electron chi connectivity index (χ3n) is 4.47. The molecule has 0 fully saturated rings. The van der Waals surface area contributed by atoms with E-state index in [4.69, 9.17) is 4.74 Å². The molecule has 1 aromatic heterocycles. The lowest BCUT2D eigenvalue weighted by atomic mass is 10.2. The van der Waals surface area contributed by atoms with Crippen LogP contribution in [0.5, 0.6) is 5.75 Å². The van der Waals surface area contributed by atoms with Gasteiger partial charge in [-0.05, 0) is 60.5 Å². The average molecular weight is 390 g/mol. The van der Waals surface area contributed by atoms with E-state index in [-0.39, 0.29) is 18.4 Å². The normalized spacial score (nSPS) is 10.3. The lowest BCUT2D eigenvalue weighted by molar-refractivity contribution is -0.684. The lowest BCUT2D eigenvalue weighted by Crippen LogP contribution is -2.39. The maximum Gasteiger partial charge on any atom is 0.290 e. The molecule has 0 aliphatic heterocycles. The number of benzene rings is 2. The van der Waals surface area contributed by atoms with E-state index in [0.29, 0.717) is 16.9 Å². The van der Waals surface area contributed by atoms with Gasteiger partial charge in [-0.3, -0.25) is 9.59 Å². The summed E-state index contributed by atoms with van der Waals surface area (Å²) in [6.45, 7) is 2.32. The number of ether oxygens (including phenoxy) is 1. The van der Waals surface area contributed by atoms with E-state index in [1.807, 2.05) is 29.1 Å². The van der Waals surface area contributed by atoms with Crippen molar-refractivity contribution in [2.24, 2.45) is 0 Å². The summed E-state index contributed by atoms with van der Waals surface area (Å²) in [5.74, 6) is 0.372. The molecule has 2 N–H and O–H groups in total. The number of aromatic nitrogens is 1. The van der Waals surface area contributed by atoms with E-state index in [0.717, 1.165) is 12.2 Å². The first-order valence-electron chi connectivity index (χ1n) is 9.40. The molecule has 0 aliphatic carbocycles. The maximum atomic E-state index is 12.4. The molecule has 2 aromatic carbocycles. The van der Waals surface area contributed by atoms with Gasteiger partial charge in [-0.1, -0.05) is 6.92 Å². The summed E-state index contributed by atoms with van der Waals surface area (Å²) in [6.07, 6.45) is 4.75. The van der Waals surface area contributed by atoms with Crippen molar-refractivity contribution in [1.82, 2.24) is 0 Å². The summed E-state index contributed by atoms with van der Waals surface area (Å²) in [7, 11) is 1.59. The highest BCUT2D eigenvalue weighted by atomic mass is 16.5. The van der Waals surface area contributed by atoms with Gasteiger partial charge in [0.1, 0.15) is 5.75 Å². The first-order chi connectivity index (χ1) is 14.1. The number of aryl methyl sites for hydroxylation is 1. The Morgan fingerprint density at radius 2 is 1.45 bits per heavy atom. The Hall–Kier alpha value is -3.67. The molecule has 29 heavy (non-hydrogen) atoms. The van der Waals surface area contributed by atoms with Crippen molar-refractivity contribution < 1.29 is 18.9 Å². The van der Waals surface area contributed by atoms with Crippen molar-refractivity contribution >= 4 is 23.2 Å². The quantitative estimate of drug-likeness (QED) is 0.607. The molecule has 1 heterocycles. The molecule has 3 aromatic rings. The first kappa shape index (κ1) is 20.1. The zero-order chi connectivity index (χ0) is 20.6. The van der Waals surface area contributed by atoms with E-state index in [1.54, 1.807) is 55.6 Å². The molecule has 6 nitrogen and oxygen atoms in total. The zero-order valence-electron chi connectivity index (χ0n) is 16.5. The predicted octanol–water partition coefficient (Wildman–Crippen LogP) is 3.44. The number of nitrogens with one attached hydrogen (secondary N) is 2. The Balaban J connectivity index is 1.55. The van der Waals surface area contributed by atoms with Gasteiger partial charge in [0.2, 0.25) is 6.54 Å². The Labute approximate surface area is 170 Å². The van der Waals surface area contributed by atoms with Gasteiger partial charge in [-0.25, -0.2) is 0 Å². The van der Waals surface area contributed by atoms with Crippen LogP contribution in [0.4, 0.5) is 11.4 Å². The summed E-state index contributed by atoms with van der Waals surface area (Å²) in [4.78, 5) is 24.6. The summed E-state index contributed by atoms with van der Waals surface area (Å²) >= 11 is 0. The predicted molar refractivity (Wildman–Crippen MR) is 112 cm³/mol. The third kappa shape index (κ3) is 5.65. The number of amides is 2. The fourth-order valence-electron chi connectivity index (χ4n) is 2.78. The van der Waals surface area contributed by atoms with Crippen LogP contribution in [0.3, 0.4) is 0 Å². The van der Waals surface area contributed by atoms with Crippen molar-refractivity contribution in [2.75, 3.05) is 17.7 Å². The molecule has 0 spiro atoms. The van der Waals surface area contributed by atoms with E-state index in [9.17, 15) is 9.59 Å². The smallest absolute Gasteiger partial charge is 0.290 e. The average Bonchev–Trinajstić information content (AvgIpc) is 2.75. The van der Waals surface area contributed by atoms with Gasteiger partial charge in [0, 0.05) is 29.1 Å². The van der Waals surface area contributed by atoms with Crippen LogP contribution < -0.4 is 19.9 Å². The van der Waals surface area contributed by atoms with Gasteiger partial charge < -0.3 is 15.4 Å². The fraction of sp³-hybridized carbons (Fsp3) is 0.174. The number of nitrogens with zero attached hydrogens (tertiary/aromatic N) is 1. The molecule has 3 rings (SSSR count). The van der Waals surface area contributed by atoms with E-state index in [2.05, 4.69) is 17.6 Å². The maximum absolute atomic E-state index is 12.4. The number of carbonyl (C=O) groups is 2. The third-order valence-corrected chi connectivity index (χ3v) is 4.47. The summed E-state index contributed by atoms with van der Waals surface area (Å²) in [6, 6.07) is 17.9.